The van der Waals surface area contributed by atoms with E-state index < -0.39 is 0 Å². The zero-order valence-electron chi connectivity index (χ0n) is 14.7. The number of likely N-dealkylation sites (tertiary alicyclic amines) is 1. The van der Waals surface area contributed by atoms with Crippen molar-refractivity contribution in [3.05, 3.63) is 71.5 Å². The number of nitrogens with zero attached hydrogens (tertiary/aromatic N) is 1. The molecule has 2 aromatic rings. The van der Waals surface area contributed by atoms with Crippen molar-refractivity contribution < 1.29 is 14.0 Å². The van der Waals surface area contributed by atoms with Crippen LogP contribution in [0.4, 0.5) is 4.39 Å². The van der Waals surface area contributed by atoms with Gasteiger partial charge in [-0.1, -0.05) is 42.5 Å². The molecule has 1 saturated heterocycles. The van der Waals surface area contributed by atoms with Gasteiger partial charge in [-0.05, 0) is 36.1 Å². The molecule has 1 N–H and O–H groups in total. The second kappa shape index (κ2) is 8.61. The standard InChI is InChI=1S/C21H23FN2O2/c22-19-8-6-17(7-9-19)11-13-24-15-18(14-20(24)25)21(26)23-12-10-16-4-2-1-3-5-16/h1-9,18H,10-15H2,(H,23,26)/t18-/m1/s1. The summed E-state index contributed by atoms with van der Waals surface area (Å²) in [5.41, 5.74) is 2.16. The molecule has 4 nitrogen and oxygen atoms in total. The van der Waals surface area contributed by atoms with Gasteiger partial charge < -0.3 is 10.2 Å². The van der Waals surface area contributed by atoms with Crippen molar-refractivity contribution in [3.8, 4) is 0 Å². The van der Waals surface area contributed by atoms with E-state index in [1.54, 1.807) is 17.0 Å². The SMILES string of the molecule is O=C(NCCc1ccccc1)[C@@H]1CC(=O)N(CCc2ccc(F)cc2)C1. The highest BCUT2D eigenvalue weighted by molar-refractivity contribution is 5.89. The third-order valence-electron chi connectivity index (χ3n) is 4.72. The van der Waals surface area contributed by atoms with Crippen LogP contribution < -0.4 is 5.32 Å². The van der Waals surface area contributed by atoms with E-state index in [1.807, 2.05) is 30.3 Å². The van der Waals surface area contributed by atoms with Crippen molar-refractivity contribution in [2.24, 2.45) is 5.92 Å². The van der Waals surface area contributed by atoms with Gasteiger partial charge in [0.25, 0.3) is 0 Å². The first kappa shape index (κ1) is 18.1. The lowest BCUT2D eigenvalue weighted by Crippen LogP contribution is -2.34. The van der Waals surface area contributed by atoms with Crippen molar-refractivity contribution in [1.82, 2.24) is 10.2 Å². The normalized spacial score (nSPS) is 16.7. The summed E-state index contributed by atoms with van der Waals surface area (Å²) in [5, 5.41) is 2.93. The molecule has 3 rings (SSSR count). The number of carbonyl (C=O) groups is 2. The molecule has 26 heavy (non-hydrogen) atoms. The van der Waals surface area contributed by atoms with Gasteiger partial charge in [0, 0.05) is 26.1 Å². The van der Waals surface area contributed by atoms with E-state index in [1.165, 1.54) is 17.7 Å². The minimum Gasteiger partial charge on any atom is -0.355 e. The number of rotatable bonds is 7. The molecule has 0 spiro atoms. The second-order valence-electron chi connectivity index (χ2n) is 6.64. The summed E-state index contributed by atoms with van der Waals surface area (Å²) in [6.07, 6.45) is 1.70. The summed E-state index contributed by atoms with van der Waals surface area (Å²) in [6.45, 7) is 1.58. The van der Waals surface area contributed by atoms with Crippen LogP contribution in [0.2, 0.25) is 0 Å². The Bertz CT molecular complexity index is 746. The third kappa shape index (κ3) is 4.91. The van der Waals surface area contributed by atoms with Gasteiger partial charge in [-0.25, -0.2) is 4.39 Å². The Hall–Kier alpha value is -2.69. The van der Waals surface area contributed by atoms with Crippen molar-refractivity contribution in [2.45, 2.75) is 19.3 Å². The zero-order chi connectivity index (χ0) is 18.4. The molecule has 1 aliphatic rings. The molecule has 1 atom stereocenters. The first-order valence-corrected chi connectivity index (χ1v) is 8.95. The number of carbonyl (C=O) groups excluding carboxylic acids is 2. The fraction of sp³-hybridized carbons (Fsp3) is 0.333. The average molecular weight is 354 g/mol. The maximum Gasteiger partial charge on any atom is 0.225 e. The summed E-state index contributed by atoms with van der Waals surface area (Å²) in [7, 11) is 0. The summed E-state index contributed by atoms with van der Waals surface area (Å²) >= 11 is 0. The number of hydrogen-bond acceptors (Lipinski definition) is 2. The molecule has 0 aromatic heterocycles. The minimum absolute atomic E-state index is 0.00956. The van der Waals surface area contributed by atoms with Gasteiger partial charge in [0.05, 0.1) is 5.92 Å². The van der Waals surface area contributed by atoms with E-state index in [-0.39, 0.29) is 30.0 Å². The molecule has 1 heterocycles. The Morgan fingerprint density at radius 1 is 1.04 bits per heavy atom. The van der Waals surface area contributed by atoms with Gasteiger partial charge in [0.2, 0.25) is 11.8 Å². The lowest BCUT2D eigenvalue weighted by Gasteiger charge is -2.16. The minimum atomic E-state index is -0.286. The number of nitrogens with one attached hydrogen (secondary N) is 1. The van der Waals surface area contributed by atoms with E-state index in [0.29, 0.717) is 26.1 Å². The van der Waals surface area contributed by atoms with Gasteiger partial charge in [0.15, 0.2) is 0 Å². The first-order valence-electron chi connectivity index (χ1n) is 8.95. The van der Waals surface area contributed by atoms with Crippen LogP contribution in [0.15, 0.2) is 54.6 Å². The molecule has 136 valence electrons. The van der Waals surface area contributed by atoms with Gasteiger partial charge in [-0.3, -0.25) is 9.59 Å². The molecule has 1 fully saturated rings. The van der Waals surface area contributed by atoms with Gasteiger partial charge in [-0.15, -0.1) is 0 Å². The van der Waals surface area contributed by atoms with E-state index in [9.17, 15) is 14.0 Å². The number of hydrogen-bond donors (Lipinski definition) is 1. The highest BCUT2D eigenvalue weighted by Crippen LogP contribution is 2.18. The maximum absolute atomic E-state index is 12.9. The van der Waals surface area contributed by atoms with Crippen molar-refractivity contribution >= 4 is 11.8 Å². The Morgan fingerprint density at radius 2 is 1.73 bits per heavy atom. The molecular weight excluding hydrogens is 331 g/mol. The first-order chi connectivity index (χ1) is 12.6. The molecule has 0 saturated carbocycles. The van der Waals surface area contributed by atoms with Crippen LogP contribution in [0.5, 0.6) is 0 Å². The van der Waals surface area contributed by atoms with E-state index in [4.69, 9.17) is 0 Å². The van der Waals surface area contributed by atoms with E-state index in [2.05, 4.69) is 5.32 Å². The van der Waals surface area contributed by atoms with Crippen molar-refractivity contribution in [3.63, 3.8) is 0 Å². The lowest BCUT2D eigenvalue weighted by molar-refractivity contribution is -0.129. The van der Waals surface area contributed by atoms with E-state index in [0.717, 1.165) is 12.0 Å². The quantitative estimate of drug-likeness (QED) is 0.831. The highest BCUT2D eigenvalue weighted by atomic mass is 19.1. The molecule has 5 heteroatoms. The molecule has 2 aromatic carbocycles. The highest BCUT2D eigenvalue weighted by Gasteiger charge is 2.33. The predicted molar refractivity (Wildman–Crippen MR) is 97.9 cm³/mol. The smallest absolute Gasteiger partial charge is 0.225 e. The third-order valence-corrected chi connectivity index (χ3v) is 4.72. The van der Waals surface area contributed by atoms with Gasteiger partial charge in [-0.2, -0.15) is 0 Å². The lowest BCUT2D eigenvalue weighted by atomic mass is 10.1. The fourth-order valence-electron chi connectivity index (χ4n) is 3.20. The maximum atomic E-state index is 12.9. The molecule has 0 radical (unpaired) electrons. The second-order valence-corrected chi connectivity index (χ2v) is 6.64. The molecule has 0 bridgehead atoms. The topological polar surface area (TPSA) is 49.4 Å². The Kier molecular flexibility index (Phi) is 6.00. The molecule has 0 aliphatic carbocycles. The number of amides is 2. The van der Waals surface area contributed by atoms with Crippen LogP contribution in [-0.2, 0) is 22.4 Å². The Balaban J connectivity index is 1.43. The zero-order valence-corrected chi connectivity index (χ0v) is 14.7. The van der Waals surface area contributed by atoms with Crippen LogP contribution in [0.25, 0.3) is 0 Å². The molecule has 1 aliphatic heterocycles. The largest absolute Gasteiger partial charge is 0.355 e. The number of benzene rings is 2. The van der Waals surface area contributed by atoms with E-state index >= 15 is 0 Å². The van der Waals surface area contributed by atoms with Crippen LogP contribution in [0.3, 0.4) is 0 Å². The van der Waals surface area contributed by atoms with Crippen LogP contribution in [0, 0.1) is 11.7 Å². The van der Waals surface area contributed by atoms with Gasteiger partial charge >= 0.3 is 0 Å². The van der Waals surface area contributed by atoms with Crippen molar-refractivity contribution in [1.29, 1.82) is 0 Å². The van der Waals surface area contributed by atoms with Crippen LogP contribution >= 0.6 is 0 Å². The molecule has 0 unspecified atom stereocenters. The van der Waals surface area contributed by atoms with Crippen LogP contribution in [0.1, 0.15) is 17.5 Å². The summed E-state index contributed by atoms with van der Waals surface area (Å²) in [5.74, 6) is -0.599. The van der Waals surface area contributed by atoms with Gasteiger partial charge in [0.1, 0.15) is 5.82 Å². The summed E-state index contributed by atoms with van der Waals surface area (Å²) in [6, 6.07) is 16.3. The predicted octanol–water partition coefficient (Wildman–Crippen LogP) is 2.58. The average Bonchev–Trinajstić information content (AvgIpc) is 3.03. The fourth-order valence-corrected chi connectivity index (χ4v) is 3.20. The summed E-state index contributed by atoms with van der Waals surface area (Å²) in [4.78, 5) is 26.2. The number of halogens is 1. The Morgan fingerprint density at radius 3 is 2.46 bits per heavy atom. The molecule has 2 amide bonds. The van der Waals surface area contributed by atoms with Crippen molar-refractivity contribution in [2.75, 3.05) is 19.6 Å². The Labute approximate surface area is 153 Å². The monoisotopic (exact) mass is 354 g/mol. The summed E-state index contributed by atoms with van der Waals surface area (Å²) < 4.78 is 12.9. The van der Waals surface area contributed by atoms with Crippen LogP contribution in [-0.4, -0.2) is 36.3 Å². The molecular formula is C21H23FN2O2.